The van der Waals surface area contributed by atoms with Crippen LogP contribution in [0, 0.1) is 0 Å². The minimum Gasteiger partial charge on any atom is -0.478 e. The number of aliphatic carboxylic acids is 1. The minimum absolute atomic E-state index is 0.0295. The molecule has 0 radical (unpaired) electrons. The predicted octanol–water partition coefficient (Wildman–Crippen LogP) is 4.90. The monoisotopic (exact) mass is 415 g/mol. The number of fused-ring (bicyclic) bond motifs is 1. The number of halogens is 5. The van der Waals surface area contributed by atoms with Gasteiger partial charge in [-0.3, -0.25) is 0 Å². The zero-order chi connectivity index (χ0) is 19.8. The van der Waals surface area contributed by atoms with Crippen molar-refractivity contribution in [2.24, 2.45) is 0 Å². The zero-order valence-corrected chi connectivity index (χ0v) is 14.8. The molecule has 0 bridgehead atoms. The molecule has 3 aromatic rings. The molecule has 27 heavy (non-hydrogen) atoms. The molecule has 1 aromatic carbocycles. The van der Waals surface area contributed by atoms with E-state index < -0.39 is 17.8 Å². The van der Waals surface area contributed by atoms with Crippen molar-refractivity contribution in [3.8, 4) is 0 Å². The third-order valence-electron chi connectivity index (χ3n) is 3.63. The molecule has 0 atom stereocenters. The lowest BCUT2D eigenvalue weighted by Gasteiger charge is -2.08. The molecule has 0 aliphatic carbocycles. The van der Waals surface area contributed by atoms with Crippen LogP contribution in [0.15, 0.2) is 36.4 Å². The van der Waals surface area contributed by atoms with Gasteiger partial charge in [0.2, 0.25) is 0 Å². The van der Waals surface area contributed by atoms with Crippen LogP contribution in [0.2, 0.25) is 10.0 Å². The lowest BCUT2D eigenvalue weighted by molar-refractivity contribution is -0.141. The number of hydrogen-bond acceptors (Lipinski definition) is 3. The fourth-order valence-corrected chi connectivity index (χ4v) is 2.90. The molecule has 2 heterocycles. The van der Waals surface area contributed by atoms with E-state index in [2.05, 4.69) is 10.1 Å². The second kappa shape index (κ2) is 7.21. The van der Waals surface area contributed by atoms with Crippen LogP contribution in [0.3, 0.4) is 0 Å². The molecular formula is C17H10Cl2F3N3O2. The summed E-state index contributed by atoms with van der Waals surface area (Å²) >= 11 is 12.0. The first-order valence-electron chi connectivity index (χ1n) is 7.45. The van der Waals surface area contributed by atoms with Gasteiger partial charge < -0.3 is 5.11 Å². The van der Waals surface area contributed by atoms with Crippen LogP contribution in [0.1, 0.15) is 17.0 Å². The minimum atomic E-state index is -4.63. The molecule has 0 amide bonds. The van der Waals surface area contributed by atoms with E-state index in [1.54, 1.807) is 12.1 Å². The first kappa shape index (κ1) is 19.2. The SMILES string of the molecule is O=C(O)C=Cc1nn(Cc2ccc(Cl)cc2Cl)c2nc(C(F)(F)F)ccc12. The van der Waals surface area contributed by atoms with Gasteiger partial charge in [0.1, 0.15) is 5.69 Å². The van der Waals surface area contributed by atoms with Crippen molar-refractivity contribution >= 4 is 46.3 Å². The van der Waals surface area contributed by atoms with E-state index in [-0.39, 0.29) is 23.3 Å². The number of pyridine rings is 1. The second-order valence-electron chi connectivity index (χ2n) is 5.52. The van der Waals surface area contributed by atoms with E-state index in [0.717, 1.165) is 12.1 Å². The lowest BCUT2D eigenvalue weighted by Crippen LogP contribution is -2.09. The molecule has 0 saturated carbocycles. The normalized spacial score (nSPS) is 12.2. The van der Waals surface area contributed by atoms with Crippen molar-refractivity contribution < 1.29 is 23.1 Å². The van der Waals surface area contributed by atoms with E-state index in [1.165, 1.54) is 22.9 Å². The standard InChI is InChI=1S/C17H10Cl2F3N3O2/c18-10-2-1-9(12(19)7-10)8-25-16-11(13(24-25)4-6-15(26)27)3-5-14(23-16)17(20,21)22/h1-7H,8H2,(H,26,27). The second-order valence-corrected chi connectivity index (χ2v) is 6.36. The van der Waals surface area contributed by atoms with E-state index in [9.17, 15) is 18.0 Å². The van der Waals surface area contributed by atoms with Gasteiger partial charge >= 0.3 is 12.1 Å². The molecule has 3 rings (SSSR count). The Labute approximate surface area is 160 Å². The predicted molar refractivity (Wildman–Crippen MR) is 94.8 cm³/mol. The Kier molecular flexibility index (Phi) is 5.12. The van der Waals surface area contributed by atoms with Gasteiger partial charge in [-0.2, -0.15) is 18.3 Å². The summed E-state index contributed by atoms with van der Waals surface area (Å²) in [6.45, 7) is 0.0295. The van der Waals surface area contributed by atoms with Gasteiger partial charge in [-0.25, -0.2) is 14.5 Å². The van der Waals surface area contributed by atoms with Crippen molar-refractivity contribution in [1.29, 1.82) is 0 Å². The van der Waals surface area contributed by atoms with Gasteiger partial charge in [-0.15, -0.1) is 0 Å². The summed E-state index contributed by atoms with van der Waals surface area (Å²) in [6.07, 6.45) is -2.59. The quantitative estimate of drug-likeness (QED) is 0.615. The Bertz CT molecular complexity index is 1060. The molecule has 2 aromatic heterocycles. The first-order valence-corrected chi connectivity index (χ1v) is 8.20. The highest BCUT2D eigenvalue weighted by molar-refractivity contribution is 6.35. The van der Waals surface area contributed by atoms with Gasteiger partial charge in [0, 0.05) is 21.5 Å². The highest BCUT2D eigenvalue weighted by Gasteiger charge is 2.33. The van der Waals surface area contributed by atoms with Gasteiger partial charge in [-0.1, -0.05) is 29.3 Å². The average Bonchev–Trinajstić information content (AvgIpc) is 2.92. The Morgan fingerprint density at radius 1 is 1.22 bits per heavy atom. The van der Waals surface area contributed by atoms with Crippen LogP contribution in [0.4, 0.5) is 13.2 Å². The van der Waals surface area contributed by atoms with Crippen LogP contribution in [0.25, 0.3) is 17.1 Å². The van der Waals surface area contributed by atoms with E-state index in [0.29, 0.717) is 15.6 Å². The maximum atomic E-state index is 13.0. The van der Waals surface area contributed by atoms with Crippen molar-refractivity contribution in [2.45, 2.75) is 12.7 Å². The average molecular weight is 416 g/mol. The fraction of sp³-hybridized carbons (Fsp3) is 0.118. The number of carboxylic acid groups (broad SMARTS) is 1. The van der Waals surface area contributed by atoms with E-state index >= 15 is 0 Å². The van der Waals surface area contributed by atoms with Crippen LogP contribution < -0.4 is 0 Å². The number of carbonyl (C=O) groups is 1. The van der Waals surface area contributed by atoms with Gasteiger partial charge in [0.15, 0.2) is 5.65 Å². The molecule has 10 heteroatoms. The number of aromatic nitrogens is 3. The summed E-state index contributed by atoms with van der Waals surface area (Å²) in [6, 6.07) is 6.75. The summed E-state index contributed by atoms with van der Waals surface area (Å²) < 4.78 is 40.3. The van der Waals surface area contributed by atoms with Crippen LogP contribution >= 0.6 is 23.2 Å². The highest BCUT2D eigenvalue weighted by Crippen LogP contribution is 2.30. The van der Waals surface area contributed by atoms with Crippen molar-refractivity contribution in [1.82, 2.24) is 14.8 Å². The molecule has 0 fully saturated rings. The summed E-state index contributed by atoms with van der Waals surface area (Å²) in [5.41, 5.74) is -0.370. The molecule has 0 spiro atoms. The summed E-state index contributed by atoms with van der Waals surface area (Å²) in [4.78, 5) is 14.4. The van der Waals surface area contributed by atoms with Crippen LogP contribution in [0.5, 0.6) is 0 Å². The molecular weight excluding hydrogens is 406 g/mol. The summed E-state index contributed by atoms with van der Waals surface area (Å²) in [5.74, 6) is -1.21. The first-order chi connectivity index (χ1) is 12.6. The lowest BCUT2D eigenvalue weighted by atomic mass is 10.2. The Hall–Kier alpha value is -2.58. The third-order valence-corrected chi connectivity index (χ3v) is 4.22. The van der Waals surface area contributed by atoms with Crippen molar-refractivity contribution in [2.75, 3.05) is 0 Å². The number of rotatable bonds is 4. The van der Waals surface area contributed by atoms with E-state index in [4.69, 9.17) is 28.3 Å². The molecule has 140 valence electrons. The van der Waals surface area contributed by atoms with Crippen LogP contribution in [-0.4, -0.2) is 25.8 Å². The largest absolute Gasteiger partial charge is 0.478 e. The topological polar surface area (TPSA) is 68.0 Å². The number of benzene rings is 1. The zero-order valence-electron chi connectivity index (χ0n) is 13.3. The van der Waals surface area contributed by atoms with Gasteiger partial charge in [-0.05, 0) is 35.9 Å². The van der Waals surface area contributed by atoms with E-state index in [1.807, 2.05) is 0 Å². The Balaban J connectivity index is 2.15. The number of alkyl halides is 3. The molecule has 0 aliphatic rings. The Morgan fingerprint density at radius 2 is 1.96 bits per heavy atom. The molecule has 0 saturated heterocycles. The maximum Gasteiger partial charge on any atom is 0.433 e. The highest BCUT2D eigenvalue weighted by atomic mass is 35.5. The molecule has 0 unspecified atom stereocenters. The van der Waals surface area contributed by atoms with Gasteiger partial charge in [0.05, 0.1) is 12.2 Å². The summed E-state index contributed by atoms with van der Waals surface area (Å²) in [7, 11) is 0. The van der Waals surface area contributed by atoms with Gasteiger partial charge in [0.25, 0.3) is 0 Å². The van der Waals surface area contributed by atoms with Crippen LogP contribution in [-0.2, 0) is 17.5 Å². The maximum absolute atomic E-state index is 13.0. The molecule has 0 aliphatic heterocycles. The van der Waals surface area contributed by atoms with Crippen molar-refractivity contribution in [3.05, 3.63) is 63.4 Å². The molecule has 1 N–H and O–H groups in total. The summed E-state index contributed by atoms with van der Waals surface area (Å²) in [5, 5.41) is 14.0. The number of carboxylic acids is 1. The third kappa shape index (κ3) is 4.23. The smallest absolute Gasteiger partial charge is 0.433 e. The number of hydrogen-bond donors (Lipinski definition) is 1. The number of nitrogens with zero attached hydrogens (tertiary/aromatic N) is 3. The Morgan fingerprint density at radius 3 is 2.59 bits per heavy atom. The fourth-order valence-electron chi connectivity index (χ4n) is 2.43. The molecule has 5 nitrogen and oxygen atoms in total. The van der Waals surface area contributed by atoms with Crippen molar-refractivity contribution in [3.63, 3.8) is 0 Å².